The lowest BCUT2D eigenvalue weighted by atomic mass is 10.1. The lowest BCUT2D eigenvalue weighted by Gasteiger charge is -2.17. The quantitative estimate of drug-likeness (QED) is 0.742. The van der Waals surface area contributed by atoms with Gasteiger partial charge >= 0.3 is 0 Å². The second-order valence-corrected chi connectivity index (χ2v) is 7.55. The molecule has 1 aliphatic heterocycles. The number of nitrogens with one attached hydrogen (secondary N) is 2. The monoisotopic (exact) mass is 412 g/mol. The van der Waals surface area contributed by atoms with Gasteiger partial charge in [-0.25, -0.2) is 0 Å². The molecule has 2 aromatic rings. The van der Waals surface area contributed by atoms with E-state index in [1.54, 1.807) is 36.4 Å². The van der Waals surface area contributed by atoms with Gasteiger partial charge in [-0.2, -0.15) is 0 Å². The molecule has 1 aromatic heterocycles. The summed E-state index contributed by atoms with van der Waals surface area (Å²) in [4.78, 5) is 24.5. The van der Waals surface area contributed by atoms with E-state index in [0.717, 1.165) is 9.35 Å². The summed E-state index contributed by atoms with van der Waals surface area (Å²) in [6.07, 6.45) is 1.69. The van der Waals surface area contributed by atoms with E-state index in [-0.39, 0.29) is 12.5 Å². The molecule has 2 heterocycles. The first-order valence-corrected chi connectivity index (χ1v) is 8.50. The number of fused-ring (bicyclic) bond motifs is 1. The fourth-order valence-electron chi connectivity index (χ4n) is 1.97. The van der Waals surface area contributed by atoms with E-state index in [1.807, 2.05) is 0 Å². The third-order valence-corrected chi connectivity index (χ3v) is 4.92. The highest BCUT2D eigenvalue weighted by molar-refractivity contribution is 9.11. The van der Waals surface area contributed by atoms with Crippen molar-refractivity contribution in [1.82, 2.24) is 10.9 Å². The molecule has 2 N–H and O–H groups in total. The normalized spacial score (nSPS) is 12.7. The van der Waals surface area contributed by atoms with Gasteiger partial charge < -0.3 is 4.74 Å². The van der Waals surface area contributed by atoms with Crippen LogP contribution in [0.4, 0.5) is 0 Å². The third-order valence-electron chi connectivity index (χ3n) is 3.06. The number of hydrogen-bond donors (Lipinski definition) is 2. The van der Waals surface area contributed by atoms with Crippen molar-refractivity contribution >= 4 is 56.8 Å². The van der Waals surface area contributed by atoms with Crippen LogP contribution >= 0.6 is 38.9 Å². The van der Waals surface area contributed by atoms with Crippen molar-refractivity contribution in [3.8, 4) is 5.75 Å². The van der Waals surface area contributed by atoms with E-state index < -0.39 is 5.91 Å². The predicted molar refractivity (Wildman–Crippen MR) is 92.6 cm³/mol. The first-order valence-electron chi connectivity index (χ1n) is 6.52. The van der Waals surface area contributed by atoms with Crippen LogP contribution in [-0.2, 0) is 4.79 Å². The van der Waals surface area contributed by atoms with Crippen LogP contribution in [0.3, 0.4) is 0 Å². The molecule has 0 saturated carbocycles. The summed E-state index contributed by atoms with van der Waals surface area (Å²) in [5.41, 5.74) is 5.87. The first-order chi connectivity index (χ1) is 11.0. The van der Waals surface area contributed by atoms with Crippen LogP contribution in [-0.4, -0.2) is 18.4 Å². The van der Waals surface area contributed by atoms with Gasteiger partial charge in [0.2, 0.25) is 0 Å². The number of ether oxygens (including phenoxy) is 1. The lowest BCUT2D eigenvalue weighted by Crippen LogP contribution is -2.43. The molecule has 0 fully saturated rings. The second-order valence-electron chi connectivity index (χ2n) is 4.65. The van der Waals surface area contributed by atoms with Gasteiger partial charge in [0.05, 0.1) is 14.2 Å². The molecule has 1 aromatic carbocycles. The molecule has 3 rings (SSSR count). The van der Waals surface area contributed by atoms with E-state index in [0.29, 0.717) is 21.2 Å². The maximum Gasteiger partial charge on any atom is 0.279 e. The average Bonchev–Trinajstić information content (AvgIpc) is 2.98. The van der Waals surface area contributed by atoms with Crippen molar-refractivity contribution in [3.05, 3.63) is 55.2 Å². The minimum absolute atomic E-state index is 0.126. The Morgan fingerprint density at radius 3 is 2.70 bits per heavy atom. The Morgan fingerprint density at radius 2 is 1.96 bits per heavy atom. The van der Waals surface area contributed by atoms with Crippen molar-refractivity contribution in [2.24, 2.45) is 0 Å². The van der Waals surface area contributed by atoms with E-state index in [1.165, 1.54) is 11.3 Å². The van der Waals surface area contributed by atoms with Gasteiger partial charge in [0.15, 0.2) is 0 Å². The minimum Gasteiger partial charge on any atom is -0.488 e. The number of carbonyl (C=O) groups excluding carboxylic acids is 2. The Hall–Kier alpha value is -1.83. The zero-order valence-electron chi connectivity index (χ0n) is 11.6. The molecule has 0 spiro atoms. The van der Waals surface area contributed by atoms with Gasteiger partial charge in [-0.1, -0.05) is 11.6 Å². The average molecular weight is 414 g/mol. The molecule has 2 amide bonds. The molecule has 0 bridgehead atoms. The van der Waals surface area contributed by atoms with Crippen molar-refractivity contribution in [3.63, 3.8) is 0 Å². The van der Waals surface area contributed by atoms with Crippen molar-refractivity contribution in [2.75, 3.05) is 6.61 Å². The Labute approximate surface area is 149 Å². The molecular formula is C15H10BrClN2O3S. The van der Waals surface area contributed by atoms with Gasteiger partial charge in [-0.15, -0.1) is 11.3 Å². The van der Waals surface area contributed by atoms with Crippen LogP contribution in [0.2, 0.25) is 5.02 Å². The molecule has 0 aliphatic carbocycles. The first kappa shape index (κ1) is 16.0. The number of hydrazine groups is 1. The maximum absolute atomic E-state index is 12.1. The minimum atomic E-state index is -0.431. The highest BCUT2D eigenvalue weighted by atomic mass is 79.9. The second kappa shape index (κ2) is 6.74. The molecule has 0 atom stereocenters. The van der Waals surface area contributed by atoms with E-state index in [9.17, 15) is 9.59 Å². The number of benzene rings is 1. The SMILES string of the molecule is O=C(NNC(=O)c1ccc(Br)s1)C1=Cc2cc(Cl)ccc2OC1. The van der Waals surface area contributed by atoms with Crippen LogP contribution in [0.25, 0.3) is 6.08 Å². The zero-order chi connectivity index (χ0) is 16.4. The molecule has 0 radical (unpaired) electrons. The van der Waals surface area contributed by atoms with Crippen LogP contribution in [0.15, 0.2) is 39.7 Å². The van der Waals surface area contributed by atoms with Crippen LogP contribution in [0.5, 0.6) is 5.75 Å². The summed E-state index contributed by atoms with van der Waals surface area (Å²) in [5, 5.41) is 0.557. The number of rotatable bonds is 2. The van der Waals surface area contributed by atoms with Gasteiger partial charge in [-0.05, 0) is 52.3 Å². The largest absolute Gasteiger partial charge is 0.488 e. The van der Waals surface area contributed by atoms with Crippen molar-refractivity contribution in [1.29, 1.82) is 0 Å². The molecule has 0 saturated heterocycles. The van der Waals surface area contributed by atoms with E-state index in [4.69, 9.17) is 16.3 Å². The van der Waals surface area contributed by atoms with Crippen LogP contribution in [0, 0.1) is 0 Å². The van der Waals surface area contributed by atoms with E-state index in [2.05, 4.69) is 26.8 Å². The fourth-order valence-corrected chi connectivity index (χ4v) is 3.43. The van der Waals surface area contributed by atoms with Gasteiger partial charge in [-0.3, -0.25) is 20.4 Å². The fraction of sp³-hybridized carbons (Fsp3) is 0.0667. The number of hydrogen-bond acceptors (Lipinski definition) is 4. The highest BCUT2D eigenvalue weighted by Gasteiger charge is 2.18. The van der Waals surface area contributed by atoms with Crippen LogP contribution < -0.4 is 15.6 Å². The standard InChI is InChI=1S/C15H10BrClN2O3S/c16-13-4-3-12(23-13)15(21)19-18-14(20)9-5-8-6-10(17)1-2-11(8)22-7-9/h1-6H,7H2,(H,18,20)(H,19,21). The summed E-state index contributed by atoms with van der Waals surface area (Å²) < 4.78 is 6.34. The van der Waals surface area contributed by atoms with Gasteiger partial charge in [0.1, 0.15) is 12.4 Å². The summed E-state index contributed by atoms with van der Waals surface area (Å²) in [5.74, 6) is -0.146. The number of thiophene rings is 1. The topological polar surface area (TPSA) is 67.4 Å². The molecule has 0 unspecified atom stereocenters. The highest BCUT2D eigenvalue weighted by Crippen LogP contribution is 2.29. The molecule has 5 nitrogen and oxygen atoms in total. The zero-order valence-corrected chi connectivity index (χ0v) is 14.7. The van der Waals surface area contributed by atoms with Crippen molar-refractivity contribution < 1.29 is 14.3 Å². The summed E-state index contributed by atoms with van der Waals surface area (Å²) in [6, 6.07) is 8.61. The van der Waals surface area contributed by atoms with Crippen molar-refractivity contribution in [2.45, 2.75) is 0 Å². The maximum atomic E-state index is 12.1. The molecule has 8 heteroatoms. The lowest BCUT2D eigenvalue weighted by molar-refractivity contribution is -0.118. The van der Waals surface area contributed by atoms with Crippen LogP contribution in [0.1, 0.15) is 15.2 Å². The number of carbonyl (C=O) groups is 2. The van der Waals surface area contributed by atoms with Gasteiger partial charge in [0, 0.05) is 10.6 Å². The molecule has 1 aliphatic rings. The Bertz CT molecular complexity index is 819. The summed E-state index contributed by atoms with van der Waals surface area (Å²) in [6.45, 7) is 0.126. The Kier molecular flexibility index (Phi) is 4.70. The third kappa shape index (κ3) is 3.74. The Morgan fingerprint density at radius 1 is 1.17 bits per heavy atom. The smallest absolute Gasteiger partial charge is 0.279 e. The summed E-state index contributed by atoms with van der Waals surface area (Å²) in [7, 11) is 0. The van der Waals surface area contributed by atoms with E-state index >= 15 is 0 Å². The Balaban J connectivity index is 1.66. The molecule has 118 valence electrons. The number of amides is 2. The molecule has 23 heavy (non-hydrogen) atoms. The van der Waals surface area contributed by atoms with Gasteiger partial charge in [0.25, 0.3) is 11.8 Å². The summed E-state index contributed by atoms with van der Waals surface area (Å²) >= 11 is 10.5. The predicted octanol–water partition coefficient (Wildman–Crippen LogP) is 3.40. The molecular weight excluding hydrogens is 404 g/mol. The number of halogens is 2.